The number of nitrogens with zero attached hydrogens (tertiary/aromatic N) is 3. The monoisotopic (exact) mass is 398 g/mol. The largest absolute Gasteiger partial charge is 0.497 e. The molecule has 0 saturated carbocycles. The third kappa shape index (κ3) is 3.73. The van der Waals surface area contributed by atoms with Gasteiger partial charge in [-0.15, -0.1) is 0 Å². The van der Waals surface area contributed by atoms with Gasteiger partial charge in [-0.3, -0.25) is 4.79 Å². The lowest BCUT2D eigenvalue weighted by molar-refractivity contribution is -0.120. The van der Waals surface area contributed by atoms with Crippen LogP contribution in [0.15, 0.2) is 36.5 Å². The summed E-state index contributed by atoms with van der Waals surface area (Å²) in [6, 6.07) is 9.22. The van der Waals surface area contributed by atoms with Gasteiger partial charge in [-0.2, -0.15) is 0 Å². The molecular formula is C20H22N4O3S. The second kappa shape index (κ2) is 8.02. The first-order valence-corrected chi connectivity index (χ1v) is 9.99. The first-order chi connectivity index (χ1) is 13.7. The summed E-state index contributed by atoms with van der Waals surface area (Å²) in [7, 11) is 3.18. The third-order valence-corrected chi connectivity index (χ3v) is 5.92. The zero-order chi connectivity index (χ0) is 19.5. The van der Waals surface area contributed by atoms with E-state index in [-0.39, 0.29) is 11.8 Å². The van der Waals surface area contributed by atoms with E-state index in [1.54, 1.807) is 50.0 Å². The fourth-order valence-corrected chi connectivity index (χ4v) is 4.35. The number of hydrogen-bond donors (Lipinski definition) is 1. The van der Waals surface area contributed by atoms with Gasteiger partial charge in [-0.1, -0.05) is 11.3 Å². The van der Waals surface area contributed by atoms with Gasteiger partial charge in [0, 0.05) is 25.4 Å². The van der Waals surface area contributed by atoms with Crippen LogP contribution in [0.2, 0.25) is 0 Å². The van der Waals surface area contributed by atoms with Crippen LogP contribution in [-0.4, -0.2) is 43.2 Å². The molecule has 0 aliphatic carbocycles. The van der Waals surface area contributed by atoms with E-state index in [1.807, 2.05) is 12.1 Å². The minimum Gasteiger partial charge on any atom is -0.497 e. The number of fused-ring (bicyclic) bond motifs is 1. The highest BCUT2D eigenvalue weighted by molar-refractivity contribution is 7.21. The van der Waals surface area contributed by atoms with E-state index in [0.29, 0.717) is 23.7 Å². The van der Waals surface area contributed by atoms with E-state index < -0.39 is 0 Å². The molecule has 4 rings (SSSR count). The molecule has 0 spiro atoms. The van der Waals surface area contributed by atoms with Gasteiger partial charge in [0.1, 0.15) is 21.8 Å². The molecule has 28 heavy (non-hydrogen) atoms. The summed E-state index contributed by atoms with van der Waals surface area (Å²) < 4.78 is 10.6. The highest BCUT2D eigenvalue weighted by Gasteiger charge is 2.28. The van der Waals surface area contributed by atoms with Crippen LogP contribution in [0.25, 0.3) is 10.3 Å². The number of carbonyl (C=O) groups excluding carboxylic acids is 1. The molecule has 8 heteroatoms. The van der Waals surface area contributed by atoms with E-state index in [9.17, 15) is 4.79 Å². The molecule has 2 aromatic heterocycles. The van der Waals surface area contributed by atoms with Crippen LogP contribution >= 0.6 is 11.3 Å². The summed E-state index contributed by atoms with van der Waals surface area (Å²) in [5, 5.41) is 3.93. The number of ether oxygens (including phenoxy) is 2. The summed E-state index contributed by atoms with van der Waals surface area (Å²) in [5.41, 5.74) is 1.52. The fraction of sp³-hybridized carbons (Fsp3) is 0.350. The second-order valence-corrected chi connectivity index (χ2v) is 7.62. The molecule has 7 nitrogen and oxygen atoms in total. The Morgan fingerprint density at radius 2 is 2.18 bits per heavy atom. The lowest BCUT2D eigenvalue weighted by Crippen LogP contribution is -2.40. The Hall–Kier alpha value is -2.87. The van der Waals surface area contributed by atoms with Crippen molar-refractivity contribution in [3.05, 3.63) is 36.5 Å². The van der Waals surface area contributed by atoms with Crippen LogP contribution in [0, 0.1) is 5.92 Å². The zero-order valence-corrected chi connectivity index (χ0v) is 16.7. The SMILES string of the molecule is COc1ccc(OC)c(NC(=O)[C@@H]2CCCN(c3nc4cccnc4s3)C2)c1. The van der Waals surface area contributed by atoms with E-state index in [0.717, 1.165) is 34.9 Å². The Morgan fingerprint density at radius 1 is 1.29 bits per heavy atom. The third-order valence-electron chi connectivity index (χ3n) is 4.88. The highest BCUT2D eigenvalue weighted by atomic mass is 32.1. The Balaban J connectivity index is 1.49. The summed E-state index contributed by atoms with van der Waals surface area (Å²) in [6.07, 6.45) is 3.56. The molecule has 1 N–H and O–H groups in total. The molecule has 0 radical (unpaired) electrons. The van der Waals surface area contributed by atoms with Crippen molar-refractivity contribution < 1.29 is 14.3 Å². The summed E-state index contributed by atoms with van der Waals surface area (Å²) >= 11 is 1.57. The number of anilines is 2. The summed E-state index contributed by atoms with van der Waals surface area (Å²) in [4.78, 5) is 25.1. The number of methoxy groups -OCH3 is 2. The predicted octanol–water partition coefficient (Wildman–Crippen LogP) is 3.56. The Bertz CT molecular complexity index is 957. The molecule has 3 heterocycles. The van der Waals surface area contributed by atoms with Crippen LogP contribution in [0.5, 0.6) is 11.5 Å². The lowest BCUT2D eigenvalue weighted by atomic mass is 9.97. The quantitative estimate of drug-likeness (QED) is 0.708. The van der Waals surface area contributed by atoms with Crippen molar-refractivity contribution >= 4 is 38.4 Å². The van der Waals surface area contributed by atoms with E-state index >= 15 is 0 Å². The van der Waals surface area contributed by atoms with Gasteiger partial charge in [0.15, 0.2) is 5.13 Å². The van der Waals surface area contributed by atoms with E-state index in [1.165, 1.54) is 0 Å². The van der Waals surface area contributed by atoms with Gasteiger partial charge < -0.3 is 19.7 Å². The average Bonchev–Trinajstić information content (AvgIpc) is 3.18. The number of carbonyl (C=O) groups is 1. The molecule has 1 amide bonds. The number of thiazole rings is 1. The Morgan fingerprint density at radius 3 is 2.96 bits per heavy atom. The highest BCUT2D eigenvalue weighted by Crippen LogP contribution is 2.32. The number of aromatic nitrogens is 2. The zero-order valence-electron chi connectivity index (χ0n) is 15.8. The van der Waals surface area contributed by atoms with Crippen molar-refractivity contribution in [1.29, 1.82) is 0 Å². The predicted molar refractivity (Wildman–Crippen MR) is 111 cm³/mol. The van der Waals surface area contributed by atoms with Crippen molar-refractivity contribution in [2.75, 3.05) is 37.5 Å². The maximum atomic E-state index is 12.9. The normalized spacial score (nSPS) is 16.8. The number of benzene rings is 1. The summed E-state index contributed by atoms with van der Waals surface area (Å²) in [5.74, 6) is 1.14. The minimum absolute atomic E-state index is 0.0181. The second-order valence-electron chi connectivity index (χ2n) is 6.66. The number of pyridine rings is 1. The van der Waals surface area contributed by atoms with Crippen molar-refractivity contribution in [1.82, 2.24) is 9.97 Å². The first-order valence-electron chi connectivity index (χ1n) is 9.17. The molecule has 1 aliphatic heterocycles. The molecule has 1 atom stereocenters. The van der Waals surface area contributed by atoms with Crippen LogP contribution in [0.1, 0.15) is 12.8 Å². The topological polar surface area (TPSA) is 76.6 Å². The number of rotatable bonds is 5. The van der Waals surface area contributed by atoms with Crippen molar-refractivity contribution in [2.45, 2.75) is 12.8 Å². The maximum Gasteiger partial charge on any atom is 0.229 e. The van der Waals surface area contributed by atoms with Crippen LogP contribution in [0.4, 0.5) is 10.8 Å². The molecule has 1 aromatic carbocycles. The van der Waals surface area contributed by atoms with Gasteiger partial charge >= 0.3 is 0 Å². The fourth-order valence-electron chi connectivity index (χ4n) is 3.41. The van der Waals surface area contributed by atoms with Crippen LogP contribution < -0.4 is 19.7 Å². The smallest absolute Gasteiger partial charge is 0.229 e. The van der Waals surface area contributed by atoms with Crippen LogP contribution in [0.3, 0.4) is 0 Å². The molecule has 0 unspecified atom stereocenters. The first kappa shape index (κ1) is 18.5. The number of hydrogen-bond acceptors (Lipinski definition) is 7. The van der Waals surface area contributed by atoms with Gasteiger partial charge in [-0.05, 0) is 37.1 Å². The standard InChI is InChI=1S/C20H22N4O3S/c1-26-14-7-8-17(27-2)16(11-14)22-18(25)13-5-4-10-24(12-13)20-23-15-6-3-9-21-19(15)28-20/h3,6-9,11,13H,4-5,10,12H2,1-2H3,(H,22,25)/t13-/m1/s1. The number of piperidine rings is 1. The molecule has 1 aliphatic rings. The van der Waals surface area contributed by atoms with E-state index in [2.05, 4.69) is 20.2 Å². The number of amides is 1. The van der Waals surface area contributed by atoms with Crippen molar-refractivity contribution in [3.63, 3.8) is 0 Å². The molecular weight excluding hydrogens is 376 g/mol. The van der Waals surface area contributed by atoms with Gasteiger partial charge in [0.05, 0.1) is 25.8 Å². The Kier molecular flexibility index (Phi) is 5.29. The van der Waals surface area contributed by atoms with Gasteiger partial charge in [0.25, 0.3) is 0 Å². The summed E-state index contributed by atoms with van der Waals surface area (Å²) in [6.45, 7) is 1.53. The molecule has 1 fully saturated rings. The average molecular weight is 398 g/mol. The lowest BCUT2D eigenvalue weighted by Gasteiger charge is -2.31. The molecule has 3 aromatic rings. The van der Waals surface area contributed by atoms with Crippen molar-refractivity contribution in [3.8, 4) is 11.5 Å². The molecule has 1 saturated heterocycles. The minimum atomic E-state index is -0.121. The van der Waals surface area contributed by atoms with Crippen molar-refractivity contribution in [2.24, 2.45) is 5.92 Å². The van der Waals surface area contributed by atoms with Crippen LogP contribution in [-0.2, 0) is 4.79 Å². The van der Waals surface area contributed by atoms with Gasteiger partial charge in [-0.25, -0.2) is 9.97 Å². The Labute approximate surface area is 167 Å². The number of nitrogens with one attached hydrogen (secondary N) is 1. The van der Waals surface area contributed by atoms with E-state index in [4.69, 9.17) is 9.47 Å². The molecule has 146 valence electrons. The van der Waals surface area contributed by atoms with Gasteiger partial charge in [0.2, 0.25) is 5.91 Å². The molecule has 0 bridgehead atoms. The maximum absolute atomic E-state index is 12.9.